The normalized spacial score (nSPS) is 16.5. The van der Waals surface area contributed by atoms with Gasteiger partial charge in [0.2, 0.25) is 5.95 Å². The lowest BCUT2D eigenvalue weighted by molar-refractivity contribution is 0.291. The standard InChI is InChI=1S/C14H17N5S/c15-13(20)10-18-5-7-19(8-6-18)14-16-9-11-3-1-2-4-12(11)17-14/h1-4,9H,5-8,10H2,(H2,15,20). The van der Waals surface area contributed by atoms with Crippen LogP contribution in [0.3, 0.4) is 0 Å². The van der Waals surface area contributed by atoms with E-state index in [2.05, 4.69) is 19.8 Å². The van der Waals surface area contributed by atoms with E-state index >= 15 is 0 Å². The minimum absolute atomic E-state index is 0.556. The SMILES string of the molecule is NC(=S)CN1CCN(c2ncc3ccccc3n2)CC1. The molecule has 1 aliphatic rings. The average Bonchev–Trinajstić information content (AvgIpc) is 2.47. The van der Waals surface area contributed by atoms with Crippen LogP contribution in [0.4, 0.5) is 5.95 Å². The molecule has 0 aliphatic carbocycles. The van der Waals surface area contributed by atoms with Crippen LogP contribution in [0.1, 0.15) is 0 Å². The van der Waals surface area contributed by atoms with Crippen LogP contribution in [0.15, 0.2) is 30.5 Å². The smallest absolute Gasteiger partial charge is 0.225 e. The number of thiocarbonyl (C=S) groups is 1. The van der Waals surface area contributed by atoms with Crippen LogP contribution in [0.5, 0.6) is 0 Å². The zero-order valence-corrected chi connectivity index (χ0v) is 12.0. The molecule has 2 aromatic rings. The maximum atomic E-state index is 5.58. The predicted molar refractivity (Wildman–Crippen MR) is 85.0 cm³/mol. The van der Waals surface area contributed by atoms with Gasteiger partial charge in [-0.15, -0.1) is 0 Å². The van der Waals surface area contributed by atoms with Crippen LogP contribution in [-0.4, -0.2) is 52.6 Å². The Kier molecular flexibility index (Phi) is 3.75. The molecule has 2 heterocycles. The predicted octanol–water partition coefficient (Wildman–Crippen LogP) is 1.04. The molecule has 1 aromatic heterocycles. The van der Waals surface area contributed by atoms with E-state index in [1.165, 1.54) is 0 Å². The van der Waals surface area contributed by atoms with Crippen molar-refractivity contribution in [3.8, 4) is 0 Å². The van der Waals surface area contributed by atoms with Gasteiger partial charge in [-0.1, -0.05) is 30.4 Å². The number of hydrogen-bond donors (Lipinski definition) is 1. The Morgan fingerprint density at radius 1 is 1.20 bits per heavy atom. The Labute approximate surface area is 123 Å². The van der Waals surface area contributed by atoms with Gasteiger partial charge in [0.1, 0.15) is 0 Å². The summed E-state index contributed by atoms with van der Waals surface area (Å²) >= 11 is 4.95. The zero-order valence-electron chi connectivity index (χ0n) is 11.2. The molecule has 0 bridgehead atoms. The van der Waals surface area contributed by atoms with Crippen molar-refractivity contribution in [2.75, 3.05) is 37.6 Å². The molecule has 0 unspecified atom stereocenters. The molecule has 1 saturated heterocycles. The Morgan fingerprint density at radius 3 is 2.70 bits per heavy atom. The summed E-state index contributed by atoms with van der Waals surface area (Å²) in [6, 6.07) is 8.04. The van der Waals surface area contributed by atoms with Crippen LogP contribution in [0.25, 0.3) is 10.9 Å². The van der Waals surface area contributed by atoms with E-state index in [0.29, 0.717) is 11.5 Å². The number of anilines is 1. The summed E-state index contributed by atoms with van der Waals surface area (Å²) < 4.78 is 0. The molecular formula is C14H17N5S. The van der Waals surface area contributed by atoms with Crippen LogP contribution in [-0.2, 0) is 0 Å². The van der Waals surface area contributed by atoms with Gasteiger partial charge in [-0.3, -0.25) is 4.90 Å². The summed E-state index contributed by atoms with van der Waals surface area (Å²) in [6.45, 7) is 4.38. The van der Waals surface area contributed by atoms with E-state index in [1.807, 2.05) is 30.5 Å². The number of aromatic nitrogens is 2. The molecule has 0 saturated carbocycles. The number of fused-ring (bicyclic) bond motifs is 1. The number of nitrogens with zero attached hydrogens (tertiary/aromatic N) is 4. The second kappa shape index (κ2) is 5.68. The molecule has 20 heavy (non-hydrogen) atoms. The number of rotatable bonds is 3. The summed E-state index contributed by atoms with van der Waals surface area (Å²) in [7, 11) is 0. The van der Waals surface area contributed by atoms with Gasteiger partial charge < -0.3 is 10.6 Å². The molecule has 0 radical (unpaired) electrons. The first-order valence-corrected chi connectivity index (χ1v) is 7.10. The summed E-state index contributed by atoms with van der Waals surface area (Å²) in [5.41, 5.74) is 6.57. The van der Waals surface area contributed by atoms with E-state index in [1.54, 1.807) is 0 Å². The van der Waals surface area contributed by atoms with Gasteiger partial charge in [0.25, 0.3) is 0 Å². The number of para-hydroxylation sites is 1. The molecule has 1 aliphatic heterocycles. The van der Waals surface area contributed by atoms with Crippen molar-refractivity contribution < 1.29 is 0 Å². The van der Waals surface area contributed by atoms with Crippen molar-refractivity contribution in [2.45, 2.75) is 0 Å². The fraction of sp³-hybridized carbons (Fsp3) is 0.357. The van der Waals surface area contributed by atoms with E-state index in [0.717, 1.165) is 43.0 Å². The maximum Gasteiger partial charge on any atom is 0.225 e. The lowest BCUT2D eigenvalue weighted by atomic mass is 10.2. The summed E-state index contributed by atoms with van der Waals surface area (Å²) in [6.07, 6.45) is 1.89. The molecule has 6 heteroatoms. The lowest BCUT2D eigenvalue weighted by Gasteiger charge is -2.34. The first-order valence-electron chi connectivity index (χ1n) is 6.70. The Bertz CT molecular complexity index is 622. The molecule has 0 spiro atoms. The average molecular weight is 287 g/mol. The van der Waals surface area contributed by atoms with Crippen molar-refractivity contribution in [3.05, 3.63) is 30.5 Å². The number of piperazine rings is 1. The third kappa shape index (κ3) is 2.86. The fourth-order valence-corrected chi connectivity index (χ4v) is 2.62. The first-order chi connectivity index (χ1) is 9.72. The van der Waals surface area contributed by atoms with Gasteiger partial charge >= 0.3 is 0 Å². The third-order valence-corrected chi connectivity index (χ3v) is 3.64. The topological polar surface area (TPSA) is 58.3 Å². The molecule has 1 fully saturated rings. The Hall–Kier alpha value is -1.79. The minimum atomic E-state index is 0.556. The molecule has 0 atom stereocenters. The highest BCUT2D eigenvalue weighted by molar-refractivity contribution is 7.80. The van der Waals surface area contributed by atoms with Crippen molar-refractivity contribution in [1.82, 2.24) is 14.9 Å². The van der Waals surface area contributed by atoms with E-state index in [9.17, 15) is 0 Å². The number of nitrogens with two attached hydrogens (primary N) is 1. The Morgan fingerprint density at radius 2 is 1.95 bits per heavy atom. The minimum Gasteiger partial charge on any atom is -0.392 e. The molecule has 2 N–H and O–H groups in total. The number of benzene rings is 1. The lowest BCUT2D eigenvalue weighted by Crippen LogP contribution is -2.49. The second-order valence-corrected chi connectivity index (χ2v) is 5.48. The molecule has 104 valence electrons. The highest BCUT2D eigenvalue weighted by Gasteiger charge is 2.19. The Balaban J connectivity index is 1.71. The van der Waals surface area contributed by atoms with Gasteiger partial charge in [0.05, 0.1) is 10.5 Å². The summed E-state index contributed by atoms with van der Waals surface area (Å²) in [4.78, 5) is 14.1. The fourth-order valence-electron chi connectivity index (χ4n) is 2.44. The summed E-state index contributed by atoms with van der Waals surface area (Å²) in [5.74, 6) is 0.804. The van der Waals surface area contributed by atoms with E-state index in [-0.39, 0.29) is 0 Å². The van der Waals surface area contributed by atoms with Crippen molar-refractivity contribution in [2.24, 2.45) is 5.73 Å². The van der Waals surface area contributed by atoms with Gasteiger partial charge in [0, 0.05) is 44.3 Å². The number of hydrogen-bond acceptors (Lipinski definition) is 5. The summed E-state index contributed by atoms with van der Waals surface area (Å²) in [5, 5.41) is 1.07. The van der Waals surface area contributed by atoms with Gasteiger partial charge in [0.15, 0.2) is 0 Å². The van der Waals surface area contributed by atoms with Crippen LogP contribution < -0.4 is 10.6 Å². The van der Waals surface area contributed by atoms with Gasteiger partial charge in [-0.25, -0.2) is 9.97 Å². The molecule has 1 aromatic carbocycles. The highest BCUT2D eigenvalue weighted by Crippen LogP contribution is 2.16. The van der Waals surface area contributed by atoms with Crippen LogP contribution in [0, 0.1) is 0 Å². The first kappa shape index (κ1) is 13.2. The quantitative estimate of drug-likeness (QED) is 0.851. The third-order valence-electron chi connectivity index (χ3n) is 3.51. The van der Waals surface area contributed by atoms with Crippen LogP contribution in [0.2, 0.25) is 0 Å². The molecular weight excluding hydrogens is 270 g/mol. The van der Waals surface area contributed by atoms with Crippen LogP contribution >= 0.6 is 12.2 Å². The highest BCUT2D eigenvalue weighted by atomic mass is 32.1. The van der Waals surface area contributed by atoms with Crippen molar-refractivity contribution in [1.29, 1.82) is 0 Å². The van der Waals surface area contributed by atoms with Crippen molar-refractivity contribution >= 4 is 34.1 Å². The molecule has 3 rings (SSSR count). The second-order valence-electron chi connectivity index (χ2n) is 4.96. The van der Waals surface area contributed by atoms with E-state index < -0.39 is 0 Å². The van der Waals surface area contributed by atoms with Gasteiger partial charge in [-0.2, -0.15) is 0 Å². The monoisotopic (exact) mass is 287 g/mol. The van der Waals surface area contributed by atoms with Gasteiger partial charge in [-0.05, 0) is 6.07 Å². The largest absolute Gasteiger partial charge is 0.392 e. The zero-order chi connectivity index (χ0) is 13.9. The molecule has 0 amide bonds. The van der Waals surface area contributed by atoms with Crippen molar-refractivity contribution in [3.63, 3.8) is 0 Å². The molecule has 5 nitrogen and oxygen atoms in total. The van der Waals surface area contributed by atoms with E-state index in [4.69, 9.17) is 18.0 Å². The maximum absolute atomic E-state index is 5.58.